The van der Waals surface area contributed by atoms with E-state index in [9.17, 15) is 0 Å². The minimum Gasteiger partial charge on any atom is -0.379 e. The van der Waals surface area contributed by atoms with Crippen LogP contribution in [0.4, 0.5) is 0 Å². The standard InChI is InChI=1S/C14H30N2O/c1-4-6-7-12(5-2)8-16-9-13-10-17-11-14(13)15-3/h12-16H,4-11H2,1-3H3. The van der Waals surface area contributed by atoms with Gasteiger partial charge < -0.3 is 15.4 Å². The third-order valence-electron chi connectivity index (χ3n) is 3.95. The van der Waals surface area contributed by atoms with Crippen LogP contribution in [0, 0.1) is 11.8 Å². The molecule has 102 valence electrons. The molecule has 2 N–H and O–H groups in total. The number of hydrogen-bond acceptors (Lipinski definition) is 3. The molecule has 17 heavy (non-hydrogen) atoms. The molecule has 1 rings (SSSR count). The Morgan fingerprint density at radius 1 is 1.29 bits per heavy atom. The van der Waals surface area contributed by atoms with E-state index in [4.69, 9.17) is 4.74 Å². The monoisotopic (exact) mass is 242 g/mol. The maximum atomic E-state index is 5.51. The lowest BCUT2D eigenvalue weighted by Gasteiger charge is -2.20. The van der Waals surface area contributed by atoms with Crippen LogP contribution in [0.2, 0.25) is 0 Å². The van der Waals surface area contributed by atoms with Crippen molar-refractivity contribution in [2.45, 2.75) is 45.6 Å². The Morgan fingerprint density at radius 3 is 2.76 bits per heavy atom. The molecule has 0 aromatic rings. The zero-order valence-corrected chi connectivity index (χ0v) is 11.8. The Bertz CT molecular complexity index is 187. The number of nitrogens with one attached hydrogen (secondary N) is 2. The zero-order valence-electron chi connectivity index (χ0n) is 11.8. The molecule has 1 aliphatic heterocycles. The van der Waals surface area contributed by atoms with Crippen LogP contribution in [0.15, 0.2) is 0 Å². The number of hydrogen-bond donors (Lipinski definition) is 2. The second-order valence-electron chi connectivity index (χ2n) is 5.27. The maximum absolute atomic E-state index is 5.51. The predicted molar refractivity (Wildman–Crippen MR) is 73.3 cm³/mol. The first kappa shape index (κ1) is 14.9. The molecule has 1 heterocycles. The van der Waals surface area contributed by atoms with Crippen molar-refractivity contribution in [2.24, 2.45) is 11.8 Å². The maximum Gasteiger partial charge on any atom is 0.0623 e. The summed E-state index contributed by atoms with van der Waals surface area (Å²) in [6.45, 7) is 8.61. The fraction of sp³-hybridized carbons (Fsp3) is 1.00. The van der Waals surface area contributed by atoms with Gasteiger partial charge >= 0.3 is 0 Å². The molecule has 3 unspecified atom stereocenters. The van der Waals surface area contributed by atoms with Gasteiger partial charge in [0.25, 0.3) is 0 Å². The predicted octanol–water partition coefficient (Wildman–Crippen LogP) is 2.03. The minimum atomic E-state index is 0.540. The second kappa shape index (κ2) is 8.90. The largest absolute Gasteiger partial charge is 0.379 e. The van der Waals surface area contributed by atoms with E-state index in [-0.39, 0.29) is 0 Å². The molecule has 3 nitrogen and oxygen atoms in total. The van der Waals surface area contributed by atoms with Crippen molar-refractivity contribution >= 4 is 0 Å². The van der Waals surface area contributed by atoms with Crippen molar-refractivity contribution in [3.05, 3.63) is 0 Å². The van der Waals surface area contributed by atoms with E-state index in [1.165, 1.54) is 32.2 Å². The Hall–Kier alpha value is -0.120. The van der Waals surface area contributed by atoms with Crippen molar-refractivity contribution in [3.8, 4) is 0 Å². The molecule has 0 radical (unpaired) electrons. The van der Waals surface area contributed by atoms with Crippen LogP contribution in [0.3, 0.4) is 0 Å². The third-order valence-corrected chi connectivity index (χ3v) is 3.95. The van der Waals surface area contributed by atoms with E-state index in [2.05, 4.69) is 24.5 Å². The molecule has 0 bridgehead atoms. The topological polar surface area (TPSA) is 33.3 Å². The van der Waals surface area contributed by atoms with Crippen LogP contribution < -0.4 is 10.6 Å². The van der Waals surface area contributed by atoms with Gasteiger partial charge in [0.2, 0.25) is 0 Å². The second-order valence-corrected chi connectivity index (χ2v) is 5.27. The Morgan fingerprint density at radius 2 is 2.12 bits per heavy atom. The SMILES string of the molecule is CCCCC(CC)CNCC1COCC1NC. The smallest absolute Gasteiger partial charge is 0.0623 e. The summed E-state index contributed by atoms with van der Waals surface area (Å²) in [5.74, 6) is 1.49. The summed E-state index contributed by atoms with van der Waals surface area (Å²) in [6, 6.07) is 0.540. The number of likely N-dealkylation sites (N-methyl/N-ethyl adjacent to an activating group) is 1. The molecule has 0 spiro atoms. The van der Waals surface area contributed by atoms with Gasteiger partial charge in [0.1, 0.15) is 0 Å². The van der Waals surface area contributed by atoms with Gasteiger partial charge in [-0.25, -0.2) is 0 Å². The molecule has 0 saturated carbocycles. The fourth-order valence-corrected chi connectivity index (χ4v) is 2.54. The quantitative estimate of drug-likeness (QED) is 0.649. The van der Waals surface area contributed by atoms with Gasteiger partial charge in [-0.3, -0.25) is 0 Å². The van der Waals surface area contributed by atoms with Gasteiger partial charge in [0.15, 0.2) is 0 Å². The van der Waals surface area contributed by atoms with Gasteiger partial charge in [-0.2, -0.15) is 0 Å². The van der Waals surface area contributed by atoms with Crippen molar-refractivity contribution < 1.29 is 4.74 Å². The Kier molecular flexibility index (Phi) is 7.82. The lowest BCUT2D eigenvalue weighted by molar-refractivity contribution is 0.182. The Balaban J connectivity index is 2.12. The van der Waals surface area contributed by atoms with Crippen LogP contribution in [-0.4, -0.2) is 39.4 Å². The van der Waals surface area contributed by atoms with E-state index in [1.807, 2.05) is 7.05 Å². The van der Waals surface area contributed by atoms with Crippen molar-refractivity contribution in [2.75, 3.05) is 33.4 Å². The lowest BCUT2D eigenvalue weighted by atomic mass is 9.98. The summed E-state index contributed by atoms with van der Waals surface area (Å²) in [5, 5.41) is 6.97. The molecule has 0 aliphatic carbocycles. The van der Waals surface area contributed by atoms with Crippen LogP contribution in [-0.2, 0) is 4.74 Å². The molecular weight excluding hydrogens is 212 g/mol. The van der Waals surface area contributed by atoms with E-state index >= 15 is 0 Å². The summed E-state index contributed by atoms with van der Waals surface area (Å²) in [4.78, 5) is 0. The first-order chi connectivity index (χ1) is 8.31. The van der Waals surface area contributed by atoms with Crippen molar-refractivity contribution in [1.82, 2.24) is 10.6 Å². The average molecular weight is 242 g/mol. The highest BCUT2D eigenvalue weighted by Crippen LogP contribution is 2.14. The summed E-state index contributed by atoms with van der Waals surface area (Å²) in [6.07, 6.45) is 5.35. The van der Waals surface area contributed by atoms with Crippen molar-refractivity contribution in [1.29, 1.82) is 0 Å². The molecule has 0 aromatic carbocycles. The molecule has 1 aliphatic rings. The van der Waals surface area contributed by atoms with Crippen LogP contribution in [0.25, 0.3) is 0 Å². The van der Waals surface area contributed by atoms with Crippen LogP contribution >= 0.6 is 0 Å². The minimum absolute atomic E-state index is 0.540. The first-order valence-electron chi connectivity index (χ1n) is 7.27. The molecule has 1 saturated heterocycles. The van der Waals surface area contributed by atoms with Gasteiger partial charge in [-0.1, -0.05) is 33.1 Å². The Labute approximate surface area is 107 Å². The lowest BCUT2D eigenvalue weighted by Crippen LogP contribution is -2.39. The summed E-state index contributed by atoms with van der Waals surface area (Å²) >= 11 is 0. The molecule has 3 atom stereocenters. The van der Waals surface area contributed by atoms with Crippen LogP contribution in [0.1, 0.15) is 39.5 Å². The average Bonchev–Trinajstić information content (AvgIpc) is 2.81. The zero-order chi connectivity index (χ0) is 12.5. The number of ether oxygens (including phenoxy) is 1. The summed E-state index contributed by atoms with van der Waals surface area (Å²) in [7, 11) is 2.03. The highest BCUT2D eigenvalue weighted by atomic mass is 16.5. The van der Waals surface area contributed by atoms with E-state index < -0.39 is 0 Å². The third kappa shape index (κ3) is 5.36. The number of unbranched alkanes of at least 4 members (excludes halogenated alkanes) is 1. The van der Waals surface area contributed by atoms with Gasteiger partial charge in [-0.05, 0) is 25.9 Å². The van der Waals surface area contributed by atoms with Gasteiger partial charge in [0, 0.05) is 18.5 Å². The highest BCUT2D eigenvalue weighted by Gasteiger charge is 2.26. The van der Waals surface area contributed by atoms with Crippen LogP contribution in [0.5, 0.6) is 0 Å². The van der Waals surface area contributed by atoms with E-state index in [0.717, 1.165) is 25.7 Å². The van der Waals surface area contributed by atoms with Gasteiger partial charge in [0.05, 0.1) is 13.2 Å². The van der Waals surface area contributed by atoms with E-state index in [0.29, 0.717) is 12.0 Å². The first-order valence-corrected chi connectivity index (χ1v) is 7.27. The highest BCUT2D eigenvalue weighted by molar-refractivity contribution is 4.81. The normalized spacial score (nSPS) is 26.3. The molecule has 0 aromatic heterocycles. The molecule has 3 heteroatoms. The molecular formula is C14H30N2O. The fourth-order valence-electron chi connectivity index (χ4n) is 2.54. The summed E-state index contributed by atoms with van der Waals surface area (Å²) in [5.41, 5.74) is 0. The number of rotatable bonds is 9. The molecule has 0 amide bonds. The molecule has 1 fully saturated rings. The summed E-state index contributed by atoms with van der Waals surface area (Å²) < 4.78 is 5.51. The van der Waals surface area contributed by atoms with Gasteiger partial charge in [-0.15, -0.1) is 0 Å². The van der Waals surface area contributed by atoms with E-state index in [1.54, 1.807) is 0 Å². The van der Waals surface area contributed by atoms with Crippen molar-refractivity contribution in [3.63, 3.8) is 0 Å².